The number of carboxylic acids is 1. The molecule has 4 rings (SSSR count). The van der Waals surface area contributed by atoms with Crippen molar-refractivity contribution >= 4 is 21.7 Å². The minimum Gasteiger partial charge on any atom is -0.485 e. The van der Waals surface area contributed by atoms with E-state index in [1.807, 2.05) is 12.1 Å². The van der Waals surface area contributed by atoms with E-state index in [-0.39, 0.29) is 24.5 Å². The van der Waals surface area contributed by atoms with Gasteiger partial charge in [-0.3, -0.25) is 4.31 Å². The fourth-order valence-electron chi connectivity index (χ4n) is 4.41. The van der Waals surface area contributed by atoms with Crippen LogP contribution >= 0.6 is 0 Å². The Balaban J connectivity index is 1.65. The third-order valence-corrected chi connectivity index (χ3v) is 6.80. The maximum atomic E-state index is 12.5. The Hall–Kier alpha value is -2.78. The van der Waals surface area contributed by atoms with E-state index in [1.165, 1.54) is 4.31 Å². The zero-order valence-corrected chi connectivity index (χ0v) is 17.2. The second-order valence-electron chi connectivity index (χ2n) is 7.64. The highest BCUT2D eigenvalue weighted by Crippen LogP contribution is 2.53. The fraction of sp³-hybridized carbons (Fsp3) is 0.381. The number of hydrogen-bond donors (Lipinski definition) is 2. The Bertz CT molecular complexity index is 1040. The number of carboxylic acid groups (broad SMARTS) is 1. The number of nitrogens with zero attached hydrogens (tertiary/aromatic N) is 1. The van der Waals surface area contributed by atoms with Crippen molar-refractivity contribution in [3.63, 3.8) is 0 Å². The Morgan fingerprint density at radius 1 is 1.20 bits per heavy atom. The third kappa shape index (κ3) is 3.82. The number of anilines is 1. The number of ether oxygens (including phenoxy) is 2. The number of para-hydroxylation sites is 2. The summed E-state index contributed by atoms with van der Waals surface area (Å²) in [6.45, 7) is -0.384. The largest absolute Gasteiger partial charge is 0.485 e. The smallest absolute Gasteiger partial charge is 0.341 e. The van der Waals surface area contributed by atoms with E-state index in [1.54, 1.807) is 36.4 Å². The number of hydrogen-bond acceptors (Lipinski definition) is 6. The average molecular weight is 433 g/mol. The fourth-order valence-corrected chi connectivity index (χ4v) is 5.35. The number of rotatable bonds is 7. The number of fused-ring (bicyclic) bond motifs is 3. The highest BCUT2D eigenvalue weighted by Gasteiger charge is 2.51. The molecule has 0 saturated heterocycles. The van der Waals surface area contributed by atoms with Crippen LogP contribution in [0.25, 0.3) is 0 Å². The lowest BCUT2D eigenvalue weighted by atomic mass is 9.87. The van der Waals surface area contributed by atoms with Gasteiger partial charge in [0.15, 0.2) is 18.1 Å². The first-order chi connectivity index (χ1) is 14.3. The van der Waals surface area contributed by atoms with Crippen molar-refractivity contribution in [3.05, 3.63) is 54.1 Å². The first-order valence-corrected chi connectivity index (χ1v) is 11.5. The molecule has 1 aliphatic carbocycles. The molecule has 2 N–H and O–H groups in total. The van der Waals surface area contributed by atoms with E-state index in [2.05, 4.69) is 0 Å². The van der Waals surface area contributed by atoms with Crippen LogP contribution in [-0.4, -0.2) is 56.2 Å². The molecule has 160 valence electrons. The van der Waals surface area contributed by atoms with Crippen LogP contribution in [0.4, 0.5) is 5.69 Å². The lowest BCUT2D eigenvalue weighted by Gasteiger charge is -2.29. The molecule has 30 heavy (non-hydrogen) atoms. The lowest BCUT2D eigenvalue weighted by Crippen LogP contribution is -2.38. The van der Waals surface area contributed by atoms with Gasteiger partial charge in [0.25, 0.3) is 0 Å². The number of benzene rings is 2. The minimum atomic E-state index is -3.57. The minimum absolute atomic E-state index is 0.105. The van der Waals surface area contributed by atoms with Crippen LogP contribution in [0, 0.1) is 5.92 Å². The van der Waals surface area contributed by atoms with E-state index in [9.17, 15) is 18.3 Å². The summed E-state index contributed by atoms with van der Waals surface area (Å²) in [5, 5.41) is 19.6. The van der Waals surface area contributed by atoms with Gasteiger partial charge in [-0.2, -0.15) is 0 Å². The molecule has 2 aromatic carbocycles. The Labute approximate surface area is 174 Å². The van der Waals surface area contributed by atoms with Gasteiger partial charge in [0.05, 0.1) is 18.0 Å². The van der Waals surface area contributed by atoms with Crippen molar-refractivity contribution in [1.82, 2.24) is 0 Å². The molecule has 0 bridgehead atoms. The molecule has 8 nitrogen and oxygen atoms in total. The Morgan fingerprint density at radius 2 is 1.93 bits per heavy atom. The molecule has 0 spiro atoms. The number of carbonyl (C=O) groups is 1. The molecule has 1 heterocycles. The van der Waals surface area contributed by atoms with E-state index in [4.69, 9.17) is 14.6 Å². The van der Waals surface area contributed by atoms with E-state index < -0.39 is 28.7 Å². The summed E-state index contributed by atoms with van der Waals surface area (Å²) in [6, 6.07) is 14.0. The maximum Gasteiger partial charge on any atom is 0.341 e. The number of aliphatic hydroxyl groups is 1. The molecular weight excluding hydrogens is 410 g/mol. The van der Waals surface area contributed by atoms with Crippen LogP contribution in [0.2, 0.25) is 0 Å². The number of aliphatic carboxylic acids is 1. The van der Waals surface area contributed by atoms with Gasteiger partial charge in [0, 0.05) is 30.4 Å². The first kappa shape index (κ1) is 20.5. The van der Waals surface area contributed by atoms with Crippen LogP contribution in [0.1, 0.15) is 17.9 Å². The van der Waals surface area contributed by atoms with Crippen molar-refractivity contribution in [2.24, 2.45) is 5.92 Å². The van der Waals surface area contributed by atoms with Gasteiger partial charge in [-0.25, -0.2) is 13.2 Å². The van der Waals surface area contributed by atoms with Crippen molar-refractivity contribution in [3.8, 4) is 11.5 Å². The predicted molar refractivity (Wildman–Crippen MR) is 109 cm³/mol. The van der Waals surface area contributed by atoms with Crippen molar-refractivity contribution < 1.29 is 32.9 Å². The quantitative estimate of drug-likeness (QED) is 0.685. The number of aliphatic hydroxyl groups excluding tert-OH is 1. The summed E-state index contributed by atoms with van der Waals surface area (Å²) in [5.74, 6) is -0.903. The predicted octanol–water partition coefficient (Wildman–Crippen LogP) is 1.84. The molecule has 2 aromatic rings. The molecule has 0 aromatic heterocycles. The van der Waals surface area contributed by atoms with Crippen LogP contribution in [0.3, 0.4) is 0 Å². The van der Waals surface area contributed by atoms with Crippen LogP contribution in [0.5, 0.6) is 11.5 Å². The molecule has 4 unspecified atom stereocenters. The van der Waals surface area contributed by atoms with Gasteiger partial charge in [-0.05, 0) is 18.2 Å². The van der Waals surface area contributed by atoms with Crippen molar-refractivity contribution in [2.75, 3.05) is 23.7 Å². The van der Waals surface area contributed by atoms with Crippen molar-refractivity contribution in [2.45, 2.75) is 24.5 Å². The van der Waals surface area contributed by atoms with E-state index in [0.29, 0.717) is 23.6 Å². The molecule has 1 aliphatic heterocycles. The first-order valence-electron chi connectivity index (χ1n) is 9.60. The molecule has 0 radical (unpaired) electrons. The van der Waals surface area contributed by atoms with Gasteiger partial charge in [-0.1, -0.05) is 30.3 Å². The summed E-state index contributed by atoms with van der Waals surface area (Å²) in [7, 11) is -3.57. The zero-order valence-electron chi connectivity index (χ0n) is 16.3. The van der Waals surface area contributed by atoms with E-state index >= 15 is 0 Å². The topological polar surface area (TPSA) is 113 Å². The SMILES string of the molecule is CS(=O)(=O)N(CC1C(O)CC2Oc3c(OCC(=O)O)cccc3C21)c1ccccc1. The average Bonchev–Trinajstić information content (AvgIpc) is 3.19. The Kier molecular flexibility index (Phi) is 5.33. The van der Waals surface area contributed by atoms with E-state index in [0.717, 1.165) is 11.8 Å². The summed E-state index contributed by atoms with van der Waals surface area (Å²) in [5.41, 5.74) is 1.33. The van der Waals surface area contributed by atoms with Gasteiger partial charge in [-0.15, -0.1) is 0 Å². The van der Waals surface area contributed by atoms with Crippen LogP contribution in [-0.2, 0) is 14.8 Å². The monoisotopic (exact) mass is 433 g/mol. The molecule has 9 heteroatoms. The number of sulfonamides is 1. The van der Waals surface area contributed by atoms with Gasteiger partial charge < -0.3 is 19.7 Å². The second-order valence-corrected chi connectivity index (χ2v) is 9.54. The normalized spacial score (nSPS) is 24.6. The van der Waals surface area contributed by atoms with Gasteiger partial charge in [0.2, 0.25) is 10.0 Å². The van der Waals surface area contributed by atoms with Crippen molar-refractivity contribution in [1.29, 1.82) is 0 Å². The molecule has 1 saturated carbocycles. The zero-order chi connectivity index (χ0) is 21.5. The summed E-state index contributed by atoms with van der Waals surface area (Å²) >= 11 is 0. The van der Waals surface area contributed by atoms with Gasteiger partial charge >= 0.3 is 5.97 Å². The molecular formula is C21H23NO7S. The lowest BCUT2D eigenvalue weighted by molar-refractivity contribution is -0.139. The Morgan fingerprint density at radius 3 is 2.60 bits per heavy atom. The summed E-state index contributed by atoms with van der Waals surface area (Å²) in [6.07, 6.45) is 0.446. The highest BCUT2D eigenvalue weighted by atomic mass is 32.2. The molecule has 0 amide bonds. The second kappa shape index (κ2) is 7.81. The molecule has 1 fully saturated rings. The van der Waals surface area contributed by atoms with Gasteiger partial charge in [0.1, 0.15) is 6.10 Å². The van der Waals surface area contributed by atoms with Crippen LogP contribution < -0.4 is 13.8 Å². The molecule has 4 atom stereocenters. The third-order valence-electron chi connectivity index (χ3n) is 5.64. The highest BCUT2D eigenvalue weighted by molar-refractivity contribution is 7.92. The summed E-state index contributed by atoms with van der Waals surface area (Å²) < 4.78 is 37.7. The standard InChI is InChI=1S/C21H23NO7S/c1-30(26,27)22(13-6-3-2-4-7-13)11-15-16(23)10-18-20(15)14-8-5-9-17(21(14)29-18)28-12-19(24)25/h2-9,15-16,18,20,23H,10-12H2,1H3,(H,24,25). The summed E-state index contributed by atoms with van der Waals surface area (Å²) in [4.78, 5) is 10.9. The van der Waals surface area contributed by atoms with Crippen LogP contribution in [0.15, 0.2) is 48.5 Å². The maximum absolute atomic E-state index is 12.5. The molecule has 2 aliphatic rings.